The minimum absolute atomic E-state index is 0.0728. The summed E-state index contributed by atoms with van der Waals surface area (Å²) in [4.78, 5) is 6.52. The summed E-state index contributed by atoms with van der Waals surface area (Å²) in [6, 6.07) is 10.3. The van der Waals surface area contributed by atoms with Gasteiger partial charge in [-0.05, 0) is 30.2 Å². The predicted octanol–water partition coefficient (Wildman–Crippen LogP) is 2.54. The van der Waals surface area contributed by atoms with E-state index < -0.39 is 0 Å². The first-order chi connectivity index (χ1) is 10.7. The quantitative estimate of drug-likeness (QED) is 0.943. The Morgan fingerprint density at radius 1 is 1.32 bits per heavy atom. The molecule has 1 aromatic carbocycles. The zero-order valence-corrected chi connectivity index (χ0v) is 12.4. The topological polar surface area (TPSA) is 45.6 Å². The molecule has 116 valence electrons. The molecule has 22 heavy (non-hydrogen) atoms. The summed E-state index contributed by atoms with van der Waals surface area (Å²) in [7, 11) is 1.63. The summed E-state index contributed by atoms with van der Waals surface area (Å²) in [5.74, 6) is 0.520. The van der Waals surface area contributed by atoms with Gasteiger partial charge >= 0.3 is 0 Å². The smallest absolute Gasteiger partial charge is 0.123 e. The maximum Gasteiger partial charge on any atom is 0.123 e. The van der Waals surface area contributed by atoms with E-state index >= 15 is 0 Å². The fourth-order valence-corrected chi connectivity index (χ4v) is 2.96. The Balaban J connectivity index is 1.79. The molecule has 1 saturated heterocycles. The second-order valence-corrected chi connectivity index (χ2v) is 5.57. The van der Waals surface area contributed by atoms with Crippen molar-refractivity contribution in [2.24, 2.45) is 0 Å². The van der Waals surface area contributed by atoms with Crippen molar-refractivity contribution in [3.8, 4) is 5.75 Å². The Labute approximate surface area is 129 Å². The number of hydrogen-bond acceptors (Lipinski definition) is 4. The number of pyridine rings is 1. The van der Waals surface area contributed by atoms with Gasteiger partial charge in [-0.3, -0.25) is 9.88 Å². The van der Waals surface area contributed by atoms with Gasteiger partial charge in [0.05, 0.1) is 18.9 Å². The van der Waals surface area contributed by atoms with Crippen molar-refractivity contribution in [2.75, 3.05) is 13.7 Å². The van der Waals surface area contributed by atoms with E-state index in [0.29, 0.717) is 19.5 Å². The third kappa shape index (κ3) is 3.26. The van der Waals surface area contributed by atoms with Crippen LogP contribution in [-0.4, -0.2) is 34.7 Å². The summed E-state index contributed by atoms with van der Waals surface area (Å²) >= 11 is 0. The zero-order valence-electron chi connectivity index (χ0n) is 12.4. The van der Waals surface area contributed by atoms with Gasteiger partial charge in [0.2, 0.25) is 0 Å². The number of nitrogens with zero attached hydrogens (tertiary/aromatic N) is 2. The summed E-state index contributed by atoms with van der Waals surface area (Å²) in [5, 5.41) is 10.0. The lowest BCUT2D eigenvalue weighted by Gasteiger charge is -2.24. The first-order valence-corrected chi connectivity index (χ1v) is 7.32. The van der Waals surface area contributed by atoms with Crippen molar-refractivity contribution in [1.29, 1.82) is 0 Å². The number of rotatable bonds is 4. The number of aromatic nitrogens is 1. The summed E-state index contributed by atoms with van der Waals surface area (Å²) in [5.41, 5.74) is 1.90. The highest BCUT2D eigenvalue weighted by molar-refractivity contribution is 5.24. The summed E-state index contributed by atoms with van der Waals surface area (Å²) < 4.78 is 18.3. The molecule has 0 saturated carbocycles. The van der Waals surface area contributed by atoms with Gasteiger partial charge < -0.3 is 9.84 Å². The fraction of sp³-hybridized carbons (Fsp3) is 0.353. The van der Waals surface area contributed by atoms with Crippen molar-refractivity contribution in [2.45, 2.75) is 25.1 Å². The van der Waals surface area contributed by atoms with E-state index in [4.69, 9.17) is 4.74 Å². The Hall–Kier alpha value is -1.98. The maximum atomic E-state index is 13.1. The number of hydrogen-bond donors (Lipinski definition) is 1. The Morgan fingerprint density at radius 3 is 2.82 bits per heavy atom. The molecule has 1 fully saturated rings. The van der Waals surface area contributed by atoms with Gasteiger partial charge in [-0.25, -0.2) is 4.39 Å². The molecular weight excluding hydrogens is 283 g/mol. The molecule has 1 aromatic heterocycles. The van der Waals surface area contributed by atoms with E-state index in [1.54, 1.807) is 31.5 Å². The molecule has 1 aliphatic heterocycles. The second kappa shape index (κ2) is 6.42. The molecule has 0 bridgehead atoms. The molecule has 0 unspecified atom stereocenters. The Kier molecular flexibility index (Phi) is 4.36. The minimum atomic E-state index is -0.374. The number of aliphatic hydroxyl groups is 1. The first-order valence-electron chi connectivity index (χ1n) is 7.32. The van der Waals surface area contributed by atoms with E-state index in [0.717, 1.165) is 17.0 Å². The lowest BCUT2D eigenvalue weighted by atomic mass is 10.0. The average molecular weight is 302 g/mol. The monoisotopic (exact) mass is 302 g/mol. The van der Waals surface area contributed by atoms with Gasteiger partial charge in [-0.2, -0.15) is 0 Å². The lowest BCUT2D eigenvalue weighted by molar-refractivity contribution is 0.172. The third-order valence-electron chi connectivity index (χ3n) is 4.02. The van der Waals surface area contributed by atoms with Gasteiger partial charge in [0.15, 0.2) is 0 Å². The summed E-state index contributed by atoms with van der Waals surface area (Å²) in [6.45, 7) is 1.21. The second-order valence-electron chi connectivity index (χ2n) is 5.57. The van der Waals surface area contributed by atoms with E-state index in [2.05, 4.69) is 9.88 Å². The lowest BCUT2D eigenvalue weighted by Crippen LogP contribution is -2.24. The van der Waals surface area contributed by atoms with Crippen LogP contribution in [0.1, 0.15) is 23.7 Å². The van der Waals surface area contributed by atoms with Gasteiger partial charge in [-0.15, -0.1) is 0 Å². The van der Waals surface area contributed by atoms with Crippen molar-refractivity contribution in [3.05, 3.63) is 59.7 Å². The van der Waals surface area contributed by atoms with Crippen molar-refractivity contribution in [3.63, 3.8) is 0 Å². The molecule has 1 N–H and O–H groups in total. The van der Waals surface area contributed by atoms with E-state index in [-0.39, 0.29) is 18.0 Å². The SMILES string of the molecule is COc1ccnc(CN2C[C@@H](O)C[C@H]2c2ccc(F)cc2)c1. The Bertz CT molecular complexity index is 633. The highest BCUT2D eigenvalue weighted by atomic mass is 19.1. The molecule has 1 aliphatic rings. The molecule has 5 heteroatoms. The molecule has 2 aromatic rings. The molecule has 2 heterocycles. The van der Waals surface area contributed by atoms with Crippen LogP contribution in [0.25, 0.3) is 0 Å². The van der Waals surface area contributed by atoms with Gasteiger partial charge in [-0.1, -0.05) is 12.1 Å². The van der Waals surface area contributed by atoms with Crippen molar-refractivity contribution >= 4 is 0 Å². The van der Waals surface area contributed by atoms with Crippen LogP contribution in [0.3, 0.4) is 0 Å². The molecule has 0 spiro atoms. The minimum Gasteiger partial charge on any atom is -0.497 e. The van der Waals surface area contributed by atoms with Crippen LogP contribution in [0.5, 0.6) is 5.75 Å². The number of β-amino-alcohol motifs (C(OH)–C–C–N with tert-alkyl or cyclic N) is 1. The van der Waals surface area contributed by atoms with Crippen LogP contribution in [0.4, 0.5) is 4.39 Å². The van der Waals surface area contributed by atoms with Crippen molar-refractivity contribution in [1.82, 2.24) is 9.88 Å². The highest BCUT2D eigenvalue weighted by Crippen LogP contribution is 2.33. The highest BCUT2D eigenvalue weighted by Gasteiger charge is 2.32. The van der Waals surface area contributed by atoms with E-state index in [9.17, 15) is 9.50 Å². The normalized spacial score (nSPS) is 22.0. The summed E-state index contributed by atoms with van der Waals surface area (Å²) in [6.07, 6.45) is 1.99. The maximum absolute atomic E-state index is 13.1. The standard InChI is InChI=1S/C17H19FN2O2/c1-22-16-6-7-19-14(8-16)10-20-11-15(21)9-17(20)12-2-4-13(18)5-3-12/h2-8,15,17,21H,9-11H2,1H3/t15-,17-/m0/s1. The number of halogens is 1. The Morgan fingerprint density at radius 2 is 2.09 bits per heavy atom. The number of benzene rings is 1. The van der Waals surface area contributed by atoms with E-state index in [1.165, 1.54) is 12.1 Å². The number of ether oxygens (including phenoxy) is 1. The molecule has 4 nitrogen and oxygen atoms in total. The van der Waals surface area contributed by atoms with Crippen LogP contribution in [0.2, 0.25) is 0 Å². The predicted molar refractivity (Wildman–Crippen MR) is 81.0 cm³/mol. The molecule has 0 amide bonds. The molecule has 3 rings (SSSR count). The molecular formula is C17H19FN2O2. The fourth-order valence-electron chi connectivity index (χ4n) is 2.96. The van der Waals surface area contributed by atoms with Crippen LogP contribution in [-0.2, 0) is 6.54 Å². The van der Waals surface area contributed by atoms with Crippen LogP contribution >= 0.6 is 0 Å². The number of aliphatic hydroxyl groups excluding tert-OH is 1. The molecule has 2 atom stereocenters. The first kappa shape index (κ1) is 14.9. The molecule has 0 radical (unpaired) electrons. The van der Waals surface area contributed by atoms with Crippen LogP contribution < -0.4 is 4.74 Å². The van der Waals surface area contributed by atoms with Gasteiger partial charge in [0, 0.05) is 31.4 Å². The van der Waals surface area contributed by atoms with E-state index in [1.807, 2.05) is 6.07 Å². The van der Waals surface area contributed by atoms with Gasteiger partial charge in [0.25, 0.3) is 0 Å². The average Bonchev–Trinajstić information content (AvgIpc) is 2.89. The van der Waals surface area contributed by atoms with Gasteiger partial charge in [0.1, 0.15) is 11.6 Å². The number of methoxy groups -OCH3 is 1. The largest absolute Gasteiger partial charge is 0.497 e. The third-order valence-corrected chi connectivity index (χ3v) is 4.02. The molecule has 0 aliphatic carbocycles. The van der Waals surface area contributed by atoms with Crippen LogP contribution in [0.15, 0.2) is 42.6 Å². The zero-order chi connectivity index (χ0) is 15.5. The number of likely N-dealkylation sites (tertiary alicyclic amines) is 1. The van der Waals surface area contributed by atoms with Crippen LogP contribution in [0, 0.1) is 5.82 Å². The van der Waals surface area contributed by atoms with Crippen molar-refractivity contribution < 1.29 is 14.2 Å².